The number of nitrogens with one attached hydrogen (secondary N) is 1. The summed E-state index contributed by atoms with van der Waals surface area (Å²) in [6, 6.07) is 16.2. The molecule has 1 saturated heterocycles. The number of nitrogens with zero attached hydrogens (tertiary/aromatic N) is 2. The van der Waals surface area contributed by atoms with Crippen molar-refractivity contribution in [3.63, 3.8) is 0 Å². The van der Waals surface area contributed by atoms with Gasteiger partial charge in [0.2, 0.25) is 0 Å². The van der Waals surface area contributed by atoms with Crippen molar-refractivity contribution in [1.82, 2.24) is 15.4 Å². The van der Waals surface area contributed by atoms with E-state index in [-0.39, 0.29) is 17.9 Å². The van der Waals surface area contributed by atoms with Crippen LogP contribution in [-0.4, -0.2) is 29.2 Å². The first-order valence-electron chi connectivity index (χ1n) is 9.92. The minimum Gasteiger partial charge on any atom is -0.365 e. The van der Waals surface area contributed by atoms with Gasteiger partial charge in [0.1, 0.15) is 12.1 Å². The number of hydrogen-bond acceptors (Lipinski definition) is 3. The zero-order chi connectivity index (χ0) is 20.2. The van der Waals surface area contributed by atoms with E-state index >= 15 is 0 Å². The molecule has 0 radical (unpaired) electrons. The summed E-state index contributed by atoms with van der Waals surface area (Å²) in [5, 5.41) is 7.10. The lowest BCUT2D eigenvalue weighted by atomic mass is 9.94. The molecular formula is C23H24FN3O2. The molecular weight excluding hydrogens is 369 g/mol. The monoisotopic (exact) mass is 393 g/mol. The van der Waals surface area contributed by atoms with Gasteiger partial charge in [0.15, 0.2) is 0 Å². The lowest BCUT2D eigenvalue weighted by Gasteiger charge is -2.32. The number of carbonyl (C=O) groups is 1. The van der Waals surface area contributed by atoms with Gasteiger partial charge in [-0.25, -0.2) is 9.18 Å². The van der Waals surface area contributed by atoms with Crippen LogP contribution < -0.4 is 5.32 Å². The number of carbonyl (C=O) groups excluding carboxylic acids is 1. The molecule has 6 heteroatoms. The highest BCUT2D eigenvalue weighted by molar-refractivity contribution is 5.75. The van der Waals surface area contributed by atoms with Crippen LogP contribution in [0, 0.1) is 5.82 Å². The van der Waals surface area contributed by atoms with Crippen molar-refractivity contribution >= 4 is 6.03 Å². The van der Waals surface area contributed by atoms with Crippen LogP contribution in [0.4, 0.5) is 9.18 Å². The molecule has 150 valence electrons. The Labute approximate surface area is 169 Å². The third kappa shape index (κ3) is 4.47. The Hall–Kier alpha value is -3.15. The number of rotatable bonds is 4. The Kier molecular flexibility index (Phi) is 5.60. The topological polar surface area (TPSA) is 58.4 Å². The van der Waals surface area contributed by atoms with E-state index in [4.69, 9.17) is 4.52 Å². The Morgan fingerprint density at radius 1 is 1.07 bits per heavy atom. The number of piperidine rings is 1. The van der Waals surface area contributed by atoms with Crippen molar-refractivity contribution in [3.05, 3.63) is 77.9 Å². The maximum atomic E-state index is 13.1. The normalized spacial score (nSPS) is 15.9. The largest absolute Gasteiger partial charge is 0.365 e. The van der Waals surface area contributed by atoms with Gasteiger partial charge in [-0.1, -0.05) is 41.6 Å². The van der Waals surface area contributed by atoms with E-state index in [0.717, 1.165) is 35.2 Å². The van der Waals surface area contributed by atoms with Crippen molar-refractivity contribution in [2.24, 2.45) is 0 Å². The van der Waals surface area contributed by atoms with Crippen molar-refractivity contribution < 1.29 is 13.7 Å². The van der Waals surface area contributed by atoms with Crippen LogP contribution in [0.5, 0.6) is 0 Å². The average molecular weight is 393 g/mol. The Balaban J connectivity index is 1.32. The van der Waals surface area contributed by atoms with Gasteiger partial charge in [-0.15, -0.1) is 0 Å². The van der Waals surface area contributed by atoms with Crippen LogP contribution in [0.3, 0.4) is 0 Å². The second kappa shape index (κ2) is 8.47. The highest BCUT2D eigenvalue weighted by Gasteiger charge is 2.26. The van der Waals surface area contributed by atoms with E-state index in [0.29, 0.717) is 19.0 Å². The molecule has 1 aliphatic heterocycles. The van der Waals surface area contributed by atoms with Gasteiger partial charge in [-0.05, 0) is 48.6 Å². The number of benzene rings is 2. The molecule has 4 rings (SSSR count). The van der Waals surface area contributed by atoms with Crippen LogP contribution in [-0.2, 0) is 0 Å². The predicted molar refractivity (Wildman–Crippen MR) is 109 cm³/mol. The number of amides is 2. The fourth-order valence-electron chi connectivity index (χ4n) is 3.78. The van der Waals surface area contributed by atoms with Crippen LogP contribution in [0.15, 0.2) is 65.4 Å². The zero-order valence-electron chi connectivity index (χ0n) is 16.3. The Bertz CT molecular complexity index is 931. The highest BCUT2D eigenvalue weighted by Crippen LogP contribution is 2.27. The molecule has 1 fully saturated rings. The van der Waals surface area contributed by atoms with Gasteiger partial charge in [0.05, 0.1) is 11.7 Å². The maximum absolute atomic E-state index is 13.1. The molecule has 0 aliphatic carbocycles. The lowest BCUT2D eigenvalue weighted by Crippen LogP contribution is -2.44. The number of hydrogen-bond donors (Lipinski definition) is 1. The Morgan fingerprint density at radius 3 is 2.28 bits per heavy atom. The van der Waals surface area contributed by atoms with Gasteiger partial charge >= 0.3 is 6.03 Å². The van der Waals surface area contributed by atoms with Gasteiger partial charge < -0.3 is 14.7 Å². The molecule has 1 N–H and O–H groups in total. The van der Waals surface area contributed by atoms with Crippen molar-refractivity contribution in [1.29, 1.82) is 0 Å². The number of halogens is 1. The minimum atomic E-state index is -0.244. The molecule has 1 aliphatic rings. The fourth-order valence-corrected chi connectivity index (χ4v) is 3.78. The molecule has 5 nitrogen and oxygen atoms in total. The van der Waals surface area contributed by atoms with E-state index in [1.807, 2.05) is 42.2 Å². The van der Waals surface area contributed by atoms with Crippen molar-refractivity contribution in [3.8, 4) is 11.1 Å². The van der Waals surface area contributed by atoms with Gasteiger partial charge in [0, 0.05) is 25.1 Å². The second-order valence-electron chi connectivity index (χ2n) is 7.49. The number of urea groups is 1. The molecule has 0 saturated carbocycles. The molecule has 3 aromatic rings. The first-order valence-corrected chi connectivity index (χ1v) is 9.92. The standard InChI is InChI=1S/C23H24FN3O2/c1-16(17-2-4-18(5-3-17)19-6-8-21(24)9-7-19)25-23(28)27-13-10-20(11-14-27)22-12-15-29-26-22/h2-9,12,15-16,20H,10-11,13-14H2,1H3,(H,25,28). The summed E-state index contributed by atoms with van der Waals surface area (Å²) in [5.41, 5.74) is 3.98. The van der Waals surface area contributed by atoms with E-state index in [1.165, 1.54) is 12.1 Å². The summed E-state index contributed by atoms with van der Waals surface area (Å²) < 4.78 is 18.0. The van der Waals surface area contributed by atoms with Crippen LogP contribution >= 0.6 is 0 Å². The SMILES string of the molecule is CC(NC(=O)N1CCC(c2ccon2)CC1)c1ccc(-c2ccc(F)cc2)cc1. The van der Waals surface area contributed by atoms with Crippen LogP contribution in [0.2, 0.25) is 0 Å². The van der Waals surface area contributed by atoms with Crippen molar-refractivity contribution in [2.75, 3.05) is 13.1 Å². The first kappa shape index (κ1) is 19.2. The van der Waals surface area contributed by atoms with Gasteiger partial charge in [-0.2, -0.15) is 0 Å². The van der Waals surface area contributed by atoms with E-state index in [2.05, 4.69) is 10.5 Å². The third-order valence-electron chi connectivity index (χ3n) is 5.59. The Morgan fingerprint density at radius 2 is 1.69 bits per heavy atom. The zero-order valence-corrected chi connectivity index (χ0v) is 16.3. The lowest BCUT2D eigenvalue weighted by molar-refractivity contribution is 0.177. The second-order valence-corrected chi connectivity index (χ2v) is 7.49. The molecule has 1 aromatic heterocycles. The van der Waals surface area contributed by atoms with Gasteiger partial charge in [0.25, 0.3) is 0 Å². The summed E-state index contributed by atoms with van der Waals surface area (Å²) in [5.74, 6) is 0.112. The molecule has 2 heterocycles. The number of likely N-dealkylation sites (tertiary alicyclic amines) is 1. The molecule has 2 amide bonds. The maximum Gasteiger partial charge on any atom is 0.317 e. The van der Waals surface area contributed by atoms with E-state index in [9.17, 15) is 9.18 Å². The quantitative estimate of drug-likeness (QED) is 0.668. The summed E-state index contributed by atoms with van der Waals surface area (Å²) in [4.78, 5) is 14.5. The fraction of sp³-hybridized carbons (Fsp3) is 0.304. The molecule has 0 spiro atoms. The molecule has 1 atom stereocenters. The molecule has 29 heavy (non-hydrogen) atoms. The molecule has 2 aromatic carbocycles. The highest BCUT2D eigenvalue weighted by atomic mass is 19.1. The van der Waals surface area contributed by atoms with Crippen LogP contribution in [0.25, 0.3) is 11.1 Å². The van der Waals surface area contributed by atoms with E-state index < -0.39 is 0 Å². The van der Waals surface area contributed by atoms with Crippen molar-refractivity contribution in [2.45, 2.75) is 31.7 Å². The number of aromatic nitrogens is 1. The smallest absolute Gasteiger partial charge is 0.317 e. The predicted octanol–water partition coefficient (Wildman–Crippen LogP) is 5.13. The summed E-state index contributed by atoms with van der Waals surface area (Å²) in [6.07, 6.45) is 3.37. The minimum absolute atomic E-state index is 0.0429. The molecule has 0 bridgehead atoms. The van der Waals surface area contributed by atoms with E-state index in [1.54, 1.807) is 18.4 Å². The first-order chi connectivity index (χ1) is 14.1. The third-order valence-corrected chi connectivity index (χ3v) is 5.59. The summed E-state index contributed by atoms with van der Waals surface area (Å²) in [6.45, 7) is 3.39. The molecule has 1 unspecified atom stereocenters. The summed E-state index contributed by atoms with van der Waals surface area (Å²) >= 11 is 0. The summed E-state index contributed by atoms with van der Waals surface area (Å²) in [7, 11) is 0. The van der Waals surface area contributed by atoms with Crippen LogP contribution in [0.1, 0.15) is 43.0 Å². The average Bonchev–Trinajstić information content (AvgIpc) is 3.29. The van der Waals surface area contributed by atoms with Gasteiger partial charge in [-0.3, -0.25) is 0 Å².